The lowest BCUT2D eigenvalue weighted by Gasteiger charge is -2.04. The fourth-order valence-corrected chi connectivity index (χ4v) is 2.30. The largest absolute Gasteiger partial charge is 0.399 e. The predicted octanol–water partition coefficient (Wildman–Crippen LogP) is 1.89. The first-order chi connectivity index (χ1) is 8.08. The molecule has 0 saturated heterocycles. The molecule has 0 heterocycles. The minimum absolute atomic E-state index is 0.135. The minimum atomic E-state index is -3.66. The van der Waals surface area contributed by atoms with Gasteiger partial charge in [-0.3, -0.25) is 0 Å². The van der Waals surface area contributed by atoms with Crippen molar-refractivity contribution in [3.05, 3.63) is 54.6 Å². The predicted molar refractivity (Wildman–Crippen MR) is 66.3 cm³/mol. The summed E-state index contributed by atoms with van der Waals surface area (Å²) < 4.78 is 27.5. The minimum Gasteiger partial charge on any atom is -0.399 e. The Kier molecular flexibility index (Phi) is 3.01. The molecule has 0 saturated carbocycles. The Morgan fingerprint density at radius 1 is 0.882 bits per heavy atom. The fourth-order valence-electron chi connectivity index (χ4n) is 1.32. The molecule has 0 amide bonds. The summed E-state index contributed by atoms with van der Waals surface area (Å²) in [7, 11) is -3.66. The van der Waals surface area contributed by atoms with Crippen LogP contribution in [0.25, 0.3) is 0 Å². The van der Waals surface area contributed by atoms with Crippen molar-refractivity contribution >= 4 is 21.4 Å². The second-order valence-corrected chi connectivity index (χ2v) is 5.08. The molecule has 0 aliphatic rings. The quantitative estimate of drug-likeness (QED) is 0.842. The molecule has 2 aromatic rings. The van der Waals surface area contributed by atoms with Gasteiger partial charge in [0.15, 0.2) is 0 Å². The number of hydrogen-bond acceptors (Lipinski definition) is 3. The molecule has 4 nitrogen and oxygen atoms in total. The van der Waals surface area contributed by atoms with Crippen LogP contribution in [0.15, 0.2) is 59.5 Å². The standard InChI is InChI=1S/C12H11N2O2S/c13-10-6-8-12(9-7-10)17(15,16)14-11-4-2-1-3-5-11/h1-9H,13H2. The summed E-state index contributed by atoms with van der Waals surface area (Å²) in [6.07, 6.45) is 0. The van der Waals surface area contributed by atoms with Crippen LogP contribution in [0, 0.1) is 0 Å². The molecule has 2 aromatic carbocycles. The fraction of sp³-hybridized carbons (Fsp3) is 0. The summed E-state index contributed by atoms with van der Waals surface area (Å²) in [6.45, 7) is 0. The van der Waals surface area contributed by atoms with Crippen molar-refractivity contribution in [3.63, 3.8) is 0 Å². The highest BCUT2D eigenvalue weighted by Crippen LogP contribution is 2.16. The van der Waals surface area contributed by atoms with Crippen LogP contribution in [-0.4, -0.2) is 8.42 Å². The number of anilines is 1. The summed E-state index contributed by atoms with van der Waals surface area (Å²) in [6, 6.07) is 14.5. The van der Waals surface area contributed by atoms with Crippen LogP contribution in [0.4, 0.5) is 11.4 Å². The molecule has 17 heavy (non-hydrogen) atoms. The molecule has 5 heteroatoms. The van der Waals surface area contributed by atoms with E-state index in [1.807, 2.05) is 0 Å². The van der Waals surface area contributed by atoms with Gasteiger partial charge in [0.2, 0.25) is 0 Å². The van der Waals surface area contributed by atoms with Gasteiger partial charge in [0.25, 0.3) is 10.0 Å². The lowest BCUT2D eigenvalue weighted by Crippen LogP contribution is -2.11. The number of benzene rings is 2. The van der Waals surface area contributed by atoms with Crippen LogP contribution in [0.5, 0.6) is 0 Å². The van der Waals surface area contributed by atoms with Gasteiger partial charge < -0.3 is 5.73 Å². The van der Waals surface area contributed by atoms with E-state index in [9.17, 15) is 8.42 Å². The van der Waals surface area contributed by atoms with E-state index in [0.29, 0.717) is 11.4 Å². The second-order valence-electron chi connectivity index (χ2n) is 3.47. The first-order valence-electron chi connectivity index (χ1n) is 4.96. The number of nitrogen functional groups attached to an aromatic ring is 1. The maximum Gasteiger partial charge on any atom is 0.282 e. The topological polar surface area (TPSA) is 74.3 Å². The van der Waals surface area contributed by atoms with Crippen LogP contribution in [0.3, 0.4) is 0 Å². The first-order valence-corrected chi connectivity index (χ1v) is 6.40. The second kappa shape index (κ2) is 4.47. The Bertz CT molecular complexity index is 592. The van der Waals surface area contributed by atoms with Gasteiger partial charge in [-0.25, -0.2) is 0 Å². The highest BCUT2D eigenvalue weighted by atomic mass is 32.2. The molecule has 0 bridgehead atoms. The smallest absolute Gasteiger partial charge is 0.282 e. The van der Waals surface area contributed by atoms with Crippen molar-refractivity contribution in [1.29, 1.82) is 0 Å². The average molecular weight is 247 g/mol. The Morgan fingerprint density at radius 2 is 1.47 bits per heavy atom. The number of hydrogen-bond donors (Lipinski definition) is 1. The molecule has 2 N–H and O–H groups in total. The number of nitrogens with two attached hydrogens (primary N) is 1. The van der Waals surface area contributed by atoms with E-state index in [0.717, 1.165) is 0 Å². The zero-order valence-corrected chi connectivity index (χ0v) is 9.76. The van der Waals surface area contributed by atoms with Crippen LogP contribution < -0.4 is 10.5 Å². The molecule has 0 atom stereocenters. The third kappa shape index (κ3) is 2.76. The highest BCUT2D eigenvalue weighted by Gasteiger charge is 2.15. The van der Waals surface area contributed by atoms with E-state index in [2.05, 4.69) is 4.72 Å². The van der Waals surface area contributed by atoms with Crippen LogP contribution in [-0.2, 0) is 10.0 Å². The van der Waals surface area contributed by atoms with Gasteiger partial charge in [0, 0.05) is 5.69 Å². The molecule has 0 unspecified atom stereocenters. The number of rotatable bonds is 3. The summed E-state index contributed by atoms with van der Waals surface area (Å²) in [4.78, 5) is 0.135. The van der Waals surface area contributed by atoms with Gasteiger partial charge in [-0.05, 0) is 36.4 Å². The maximum absolute atomic E-state index is 11.9. The first kappa shape index (κ1) is 11.5. The van der Waals surface area contributed by atoms with Gasteiger partial charge in [-0.15, -0.1) is 0 Å². The summed E-state index contributed by atoms with van der Waals surface area (Å²) in [5.74, 6) is 0. The van der Waals surface area contributed by atoms with Crippen molar-refractivity contribution in [2.45, 2.75) is 4.90 Å². The van der Waals surface area contributed by atoms with E-state index in [4.69, 9.17) is 5.73 Å². The average Bonchev–Trinajstić information content (AvgIpc) is 2.30. The van der Waals surface area contributed by atoms with Crippen molar-refractivity contribution < 1.29 is 8.42 Å². The third-order valence-corrected chi connectivity index (χ3v) is 3.48. The van der Waals surface area contributed by atoms with Crippen molar-refractivity contribution in [2.75, 3.05) is 5.73 Å². The highest BCUT2D eigenvalue weighted by molar-refractivity contribution is 7.89. The molecule has 0 aliphatic carbocycles. The van der Waals surface area contributed by atoms with Crippen molar-refractivity contribution in [3.8, 4) is 0 Å². The Labute approximate surface area is 100 Å². The SMILES string of the molecule is Nc1ccc(S(=O)(=O)[N]c2ccccc2)cc1. The zero-order chi connectivity index (χ0) is 12.3. The molecule has 0 aromatic heterocycles. The summed E-state index contributed by atoms with van der Waals surface area (Å²) in [5.41, 5.74) is 6.42. The van der Waals surface area contributed by atoms with Gasteiger partial charge in [0.05, 0.1) is 10.6 Å². The van der Waals surface area contributed by atoms with Crippen molar-refractivity contribution in [1.82, 2.24) is 4.72 Å². The molecular weight excluding hydrogens is 236 g/mol. The Morgan fingerprint density at radius 3 is 2.06 bits per heavy atom. The molecule has 2 rings (SSSR count). The van der Waals surface area contributed by atoms with Gasteiger partial charge in [-0.2, -0.15) is 13.1 Å². The van der Waals surface area contributed by atoms with E-state index in [1.165, 1.54) is 24.3 Å². The van der Waals surface area contributed by atoms with E-state index < -0.39 is 10.0 Å². The van der Waals surface area contributed by atoms with Crippen LogP contribution >= 0.6 is 0 Å². The van der Waals surface area contributed by atoms with E-state index in [-0.39, 0.29) is 4.90 Å². The van der Waals surface area contributed by atoms with Crippen LogP contribution in [0.2, 0.25) is 0 Å². The van der Waals surface area contributed by atoms with Gasteiger partial charge in [0.1, 0.15) is 0 Å². The third-order valence-electron chi connectivity index (χ3n) is 2.16. The summed E-state index contributed by atoms with van der Waals surface area (Å²) in [5, 5.41) is 0. The normalized spacial score (nSPS) is 11.1. The lowest BCUT2D eigenvalue weighted by molar-refractivity contribution is 0.590. The van der Waals surface area contributed by atoms with Crippen molar-refractivity contribution in [2.24, 2.45) is 0 Å². The Balaban J connectivity index is 2.29. The van der Waals surface area contributed by atoms with E-state index >= 15 is 0 Å². The van der Waals surface area contributed by atoms with E-state index in [1.54, 1.807) is 30.3 Å². The lowest BCUT2D eigenvalue weighted by atomic mass is 10.3. The molecular formula is C12H11N2O2S. The van der Waals surface area contributed by atoms with Gasteiger partial charge in [-0.1, -0.05) is 18.2 Å². The molecule has 0 fully saturated rings. The molecule has 1 radical (unpaired) electrons. The van der Waals surface area contributed by atoms with Gasteiger partial charge >= 0.3 is 0 Å². The summed E-state index contributed by atoms with van der Waals surface area (Å²) >= 11 is 0. The number of sulfonamides is 1. The zero-order valence-electron chi connectivity index (χ0n) is 8.95. The molecule has 0 aliphatic heterocycles. The molecule has 87 valence electrons. The Hall–Kier alpha value is -2.01. The molecule has 0 spiro atoms. The monoisotopic (exact) mass is 247 g/mol. The number of nitrogens with zero attached hydrogens (tertiary/aromatic N) is 1. The van der Waals surface area contributed by atoms with Crippen LogP contribution in [0.1, 0.15) is 0 Å². The maximum atomic E-state index is 11.9.